The van der Waals surface area contributed by atoms with Crippen LogP contribution in [0, 0.1) is 12.7 Å². The Hall–Kier alpha value is -2.18. The molecule has 1 fully saturated rings. The molecule has 26 heavy (non-hydrogen) atoms. The van der Waals surface area contributed by atoms with Crippen molar-refractivity contribution in [2.24, 2.45) is 0 Å². The summed E-state index contributed by atoms with van der Waals surface area (Å²) in [6, 6.07) is 10.8. The Morgan fingerprint density at radius 2 is 1.81 bits per heavy atom. The molecule has 1 aliphatic rings. The average Bonchev–Trinajstić information content (AvgIpc) is 3.13. The van der Waals surface area contributed by atoms with Gasteiger partial charge in [0.15, 0.2) is 0 Å². The average molecular weight is 374 g/mol. The Labute approximate surface area is 154 Å². The van der Waals surface area contributed by atoms with Crippen LogP contribution in [0.5, 0.6) is 0 Å². The molecule has 138 valence electrons. The second kappa shape index (κ2) is 7.60. The smallest absolute Gasteiger partial charge is 0.261 e. The molecule has 3 rings (SSSR count). The lowest BCUT2D eigenvalue weighted by atomic mass is 10.0. The predicted molar refractivity (Wildman–Crippen MR) is 102 cm³/mol. The summed E-state index contributed by atoms with van der Waals surface area (Å²) in [5.41, 5.74) is 1.53. The Kier molecular flexibility index (Phi) is 5.44. The number of benzene rings is 2. The van der Waals surface area contributed by atoms with Crippen molar-refractivity contribution >= 4 is 15.7 Å². The van der Waals surface area contributed by atoms with Crippen LogP contribution in [0.15, 0.2) is 60.0 Å². The van der Waals surface area contributed by atoms with Crippen LogP contribution in [0.3, 0.4) is 0 Å². The summed E-state index contributed by atoms with van der Waals surface area (Å²) in [7, 11) is -3.88. The first kappa shape index (κ1) is 18.6. The van der Waals surface area contributed by atoms with Crippen molar-refractivity contribution in [3.63, 3.8) is 0 Å². The van der Waals surface area contributed by atoms with E-state index in [4.69, 9.17) is 0 Å². The number of nitrogens with one attached hydrogen (secondary N) is 1. The Morgan fingerprint density at radius 3 is 2.42 bits per heavy atom. The van der Waals surface area contributed by atoms with Gasteiger partial charge in [-0.15, -0.1) is 6.58 Å². The van der Waals surface area contributed by atoms with E-state index in [0.29, 0.717) is 5.56 Å². The molecular formula is C20H23FN2O2S. The maximum absolute atomic E-state index is 14.6. The van der Waals surface area contributed by atoms with Gasteiger partial charge in [0.05, 0.1) is 16.6 Å². The van der Waals surface area contributed by atoms with Crippen molar-refractivity contribution in [1.29, 1.82) is 0 Å². The van der Waals surface area contributed by atoms with Gasteiger partial charge in [-0.3, -0.25) is 9.62 Å². The van der Waals surface area contributed by atoms with Crippen LogP contribution < -0.4 is 4.72 Å². The lowest BCUT2D eigenvalue weighted by molar-refractivity contribution is 0.289. The topological polar surface area (TPSA) is 49.4 Å². The van der Waals surface area contributed by atoms with Crippen LogP contribution in [0.2, 0.25) is 0 Å². The second-order valence-electron chi connectivity index (χ2n) is 6.55. The monoisotopic (exact) mass is 374 g/mol. The van der Waals surface area contributed by atoms with Crippen LogP contribution in [-0.4, -0.2) is 26.4 Å². The Bertz CT molecular complexity index is 889. The fourth-order valence-corrected chi connectivity index (χ4v) is 4.39. The number of aryl methyl sites for hydroxylation is 1. The van der Waals surface area contributed by atoms with Crippen LogP contribution in [0.4, 0.5) is 10.1 Å². The number of halogens is 1. The number of para-hydroxylation sites is 1. The first-order valence-electron chi connectivity index (χ1n) is 8.67. The molecule has 0 radical (unpaired) electrons. The Balaban J connectivity index is 1.99. The molecule has 2 aromatic rings. The van der Waals surface area contributed by atoms with Gasteiger partial charge in [-0.05, 0) is 51.1 Å². The van der Waals surface area contributed by atoms with Crippen molar-refractivity contribution in [3.05, 3.63) is 72.1 Å². The van der Waals surface area contributed by atoms with E-state index >= 15 is 0 Å². The summed E-state index contributed by atoms with van der Waals surface area (Å²) in [5, 5.41) is 0. The van der Waals surface area contributed by atoms with Crippen LogP contribution in [-0.2, 0) is 10.0 Å². The quantitative estimate of drug-likeness (QED) is 0.769. The lowest BCUT2D eigenvalue weighted by Gasteiger charge is -2.27. The minimum atomic E-state index is -3.88. The third-order valence-corrected chi connectivity index (χ3v) is 6.06. The summed E-state index contributed by atoms with van der Waals surface area (Å²) in [4.78, 5) is 2.29. The van der Waals surface area contributed by atoms with Crippen molar-refractivity contribution < 1.29 is 12.8 Å². The van der Waals surface area contributed by atoms with Gasteiger partial charge in [-0.2, -0.15) is 0 Å². The second-order valence-corrected chi connectivity index (χ2v) is 8.23. The van der Waals surface area contributed by atoms with E-state index in [0.717, 1.165) is 31.5 Å². The molecule has 0 spiro atoms. The lowest BCUT2D eigenvalue weighted by Crippen LogP contribution is -2.26. The van der Waals surface area contributed by atoms with E-state index in [-0.39, 0.29) is 16.6 Å². The largest absolute Gasteiger partial charge is 0.293 e. The summed E-state index contributed by atoms with van der Waals surface area (Å²) < 4.78 is 42.5. The molecule has 1 heterocycles. The number of sulfonamides is 1. The molecule has 2 aromatic carbocycles. The summed E-state index contributed by atoms with van der Waals surface area (Å²) in [5.74, 6) is -0.593. The molecule has 1 aliphatic heterocycles. The number of hydrogen-bond donors (Lipinski definition) is 1. The first-order valence-corrected chi connectivity index (χ1v) is 10.2. The molecule has 1 atom stereocenters. The third-order valence-electron chi connectivity index (χ3n) is 4.69. The van der Waals surface area contributed by atoms with Gasteiger partial charge in [0.2, 0.25) is 0 Å². The van der Waals surface area contributed by atoms with Crippen LogP contribution in [0.1, 0.15) is 30.0 Å². The number of likely N-dealkylation sites (tertiary alicyclic amines) is 1. The van der Waals surface area contributed by atoms with Gasteiger partial charge < -0.3 is 0 Å². The number of hydrogen-bond acceptors (Lipinski definition) is 3. The van der Waals surface area contributed by atoms with Crippen molar-refractivity contribution in [2.75, 3.05) is 17.8 Å². The SMILES string of the molecule is C=C[C@@H](c1cccc(F)c1NS(=O)(=O)c1ccc(C)cc1)N1CCCC1. The van der Waals surface area contributed by atoms with E-state index in [9.17, 15) is 12.8 Å². The highest BCUT2D eigenvalue weighted by Gasteiger charge is 2.26. The molecule has 4 nitrogen and oxygen atoms in total. The van der Waals surface area contributed by atoms with Crippen LogP contribution >= 0.6 is 0 Å². The van der Waals surface area contributed by atoms with Crippen molar-refractivity contribution in [2.45, 2.75) is 30.7 Å². The van der Waals surface area contributed by atoms with Crippen molar-refractivity contribution in [1.82, 2.24) is 4.90 Å². The van der Waals surface area contributed by atoms with E-state index < -0.39 is 15.8 Å². The minimum absolute atomic E-state index is 0.00938. The number of anilines is 1. The normalized spacial score (nSPS) is 16.4. The molecule has 0 aliphatic carbocycles. The maximum Gasteiger partial charge on any atom is 0.261 e. The highest BCUT2D eigenvalue weighted by Crippen LogP contribution is 2.34. The summed E-state index contributed by atoms with van der Waals surface area (Å²) in [6.45, 7) is 7.53. The van der Waals surface area contributed by atoms with Gasteiger partial charge in [0.1, 0.15) is 5.82 Å². The highest BCUT2D eigenvalue weighted by molar-refractivity contribution is 7.92. The highest BCUT2D eigenvalue weighted by atomic mass is 32.2. The van der Waals surface area contributed by atoms with Gasteiger partial charge in [0.25, 0.3) is 10.0 Å². The molecule has 0 bridgehead atoms. The minimum Gasteiger partial charge on any atom is -0.293 e. The molecule has 0 saturated carbocycles. The van der Waals surface area contributed by atoms with E-state index in [1.807, 2.05) is 6.92 Å². The molecule has 0 amide bonds. The molecule has 0 unspecified atom stereocenters. The van der Waals surface area contributed by atoms with Gasteiger partial charge in [-0.25, -0.2) is 12.8 Å². The molecule has 6 heteroatoms. The van der Waals surface area contributed by atoms with Gasteiger partial charge in [-0.1, -0.05) is 35.9 Å². The molecule has 0 aromatic heterocycles. The first-order chi connectivity index (χ1) is 12.4. The molecule has 1 N–H and O–H groups in total. The molecule has 1 saturated heterocycles. The van der Waals surface area contributed by atoms with Crippen LogP contribution in [0.25, 0.3) is 0 Å². The van der Waals surface area contributed by atoms with E-state index in [1.54, 1.807) is 30.3 Å². The number of nitrogens with zero attached hydrogens (tertiary/aromatic N) is 1. The fourth-order valence-electron chi connectivity index (χ4n) is 3.30. The zero-order valence-electron chi connectivity index (χ0n) is 14.8. The Morgan fingerprint density at radius 1 is 1.15 bits per heavy atom. The van der Waals surface area contributed by atoms with Crippen molar-refractivity contribution in [3.8, 4) is 0 Å². The van der Waals surface area contributed by atoms with E-state index in [1.165, 1.54) is 18.2 Å². The fraction of sp³-hybridized carbons (Fsp3) is 0.300. The van der Waals surface area contributed by atoms with Gasteiger partial charge >= 0.3 is 0 Å². The van der Waals surface area contributed by atoms with E-state index in [2.05, 4.69) is 16.2 Å². The standard InChI is InChI=1S/C20H23FN2O2S/c1-3-19(23-13-4-5-14-23)17-7-6-8-18(21)20(17)22-26(24,25)16-11-9-15(2)10-12-16/h3,6-12,19,22H,1,4-5,13-14H2,2H3/t19-/m0/s1. The predicted octanol–water partition coefficient (Wildman–Crippen LogP) is 4.26. The van der Waals surface area contributed by atoms with Gasteiger partial charge in [0, 0.05) is 5.56 Å². The zero-order chi connectivity index (χ0) is 18.7. The third kappa shape index (κ3) is 3.81. The molecular weight excluding hydrogens is 351 g/mol. The maximum atomic E-state index is 14.6. The summed E-state index contributed by atoms with van der Waals surface area (Å²) >= 11 is 0. The zero-order valence-corrected chi connectivity index (χ0v) is 15.6. The number of rotatable bonds is 6. The summed E-state index contributed by atoms with van der Waals surface area (Å²) in [6.07, 6.45) is 3.89.